The minimum absolute atomic E-state index is 0.0295. The van der Waals surface area contributed by atoms with Gasteiger partial charge >= 0.3 is 0 Å². The number of aromatic amines is 1. The summed E-state index contributed by atoms with van der Waals surface area (Å²) in [6, 6.07) is 13.5. The molecule has 5 heteroatoms. The van der Waals surface area contributed by atoms with E-state index in [0.717, 1.165) is 24.0 Å². The van der Waals surface area contributed by atoms with Crippen molar-refractivity contribution in [1.82, 2.24) is 14.9 Å². The molecule has 1 fully saturated rings. The Balaban J connectivity index is 1.48. The van der Waals surface area contributed by atoms with Gasteiger partial charge in [0.05, 0.1) is 0 Å². The number of pyridine rings is 1. The summed E-state index contributed by atoms with van der Waals surface area (Å²) in [6.45, 7) is 5.14. The van der Waals surface area contributed by atoms with Crippen LogP contribution >= 0.6 is 0 Å². The van der Waals surface area contributed by atoms with E-state index in [0.29, 0.717) is 18.2 Å². The average molecular weight is 349 g/mol. The third-order valence-corrected chi connectivity index (χ3v) is 5.03. The Kier molecular flexibility index (Phi) is 4.15. The number of amides is 1. The summed E-state index contributed by atoms with van der Waals surface area (Å²) < 4.78 is 5.96. The molecule has 1 N–H and O–H groups in total. The maximum Gasteiger partial charge on any atom is 0.266 e. The van der Waals surface area contributed by atoms with Crippen LogP contribution in [-0.2, 0) is 4.79 Å². The normalized spacial score (nSPS) is 17.6. The highest BCUT2D eigenvalue weighted by Gasteiger charge is 2.38. The molecule has 1 aromatic carbocycles. The number of likely N-dealkylation sites (tertiary alicyclic amines) is 1. The van der Waals surface area contributed by atoms with E-state index < -0.39 is 5.60 Å². The predicted octanol–water partition coefficient (Wildman–Crippen LogP) is 3.74. The molecule has 3 heterocycles. The van der Waals surface area contributed by atoms with Crippen LogP contribution in [0.1, 0.15) is 31.7 Å². The van der Waals surface area contributed by atoms with Gasteiger partial charge in [0.2, 0.25) is 0 Å². The van der Waals surface area contributed by atoms with Gasteiger partial charge in [-0.15, -0.1) is 0 Å². The van der Waals surface area contributed by atoms with Gasteiger partial charge < -0.3 is 14.6 Å². The standard InChI is InChI=1S/C21H23N3O2/c1-21(2,26-16-7-4-3-5-8-16)20(25)24-12-10-15(14-24)18-13-23-19-17(18)9-6-11-22-19/h3-9,11,13,15H,10,12,14H2,1-2H3,(H,22,23). The number of aromatic nitrogens is 2. The first-order valence-electron chi connectivity index (χ1n) is 9.00. The van der Waals surface area contributed by atoms with Crippen molar-refractivity contribution in [3.63, 3.8) is 0 Å². The second kappa shape index (κ2) is 6.48. The number of H-pyrrole nitrogens is 1. The molecule has 3 aromatic rings. The van der Waals surface area contributed by atoms with Gasteiger partial charge in [-0.05, 0) is 50.1 Å². The van der Waals surface area contributed by atoms with Gasteiger partial charge in [-0.3, -0.25) is 4.79 Å². The SMILES string of the molecule is CC(C)(Oc1ccccc1)C(=O)N1CCC(c2c[nH]c3ncccc23)C1. The van der Waals surface area contributed by atoms with Crippen molar-refractivity contribution in [2.24, 2.45) is 0 Å². The summed E-state index contributed by atoms with van der Waals surface area (Å²) in [4.78, 5) is 22.5. The van der Waals surface area contributed by atoms with E-state index in [1.54, 1.807) is 6.20 Å². The van der Waals surface area contributed by atoms with Crippen LogP contribution in [-0.4, -0.2) is 39.5 Å². The van der Waals surface area contributed by atoms with Gasteiger partial charge in [0.15, 0.2) is 5.60 Å². The third kappa shape index (κ3) is 3.05. The summed E-state index contributed by atoms with van der Waals surface area (Å²) in [5.74, 6) is 1.07. The zero-order chi connectivity index (χ0) is 18.1. The van der Waals surface area contributed by atoms with Crippen LogP contribution in [0.25, 0.3) is 11.0 Å². The second-order valence-electron chi connectivity index (χ2n) is 7.31. The molecule has 0 bridgehead atoms. The number of nitrogens with zero attached hydrogens (tertiary/aromatic N) is 2. The average Bonchev–Trinajstić information content (AvgIpc) is 3.28. The molecular weight excluding hydrogens is 326 g/mol. The van der Waals surface area contributed by atoms with Crippen LogP contribution in [0.15, 0.2) is 54.9 Å². The van der Waals surface area contributed by atoms with Crippen molar-refractivity contribution in [1.29, 1.82) is 0 Å². The quantitative estimate of drug-likeness (QED) is 0.781. The van der Waals surface area contributed by atoms with Crippen LogP contribution in [0.4, 0.5) is 0 Å². The molecule has 0 spiro atoms. The highest BCUT2D eigenvalue weighted by molar-refractivity contribution is 5.85. The molecule has 2 aromatic heterocycles. The summed E-state index contributed by atoms with van der Waals surface area (Å²) in [5.41, 5.74) is 1.25. The van der Waals surface area contributed by atoms with Gasteiger partial charge in [0.1, 0.15) is 11.4 Å². The Bertz CT molecular complexity index is 917. The fourth-order valence-corrected chi connectivity index (χ4v) is 3.72. The zero-order valence-corrected chi connectivity index (χ0v) is 15.1. The second-order valence-corrected chi connectivity index (χ2v) is 7.31. The lowest BCUT2D eigenvalue weighted by atomic mass is 9.98. The fraction of sp³-hybridized carbons (Fsp3) is 0.333. The fourth-order valence-electron chi connectivity index (χ4n) is 3.72. The Hall–Kier alpha value is -2.82. The molecular formula is C21H23N3O2. The maximum atomic E-state index is 13.0. The molecule has 0 saturated carbocycles. The number of hydrogen-bond acceptors (Lipinski definition) is 3. The van der Waals surface area contributed by atoms with Gasteiger partial charge in [-0.1, -0.05) is 18.2 Å². The topological polar surface area (TPSA) is 58.2 Å². The molecule has 1 atom stereocenters. The third-order valence-electron chi connectivity index (χ3n) is 5.03. The van der Waals surface area contributed by atoms with Crippen LogP contribution in [0.2, 0.25) is 0 Å². The molecule has 1 saturated heterocycles. The summed E-state index contributed by atoms with van der Waals surface area (Å²) >= 11 is 0. The molecule has 1 aliphatic heterocycles. The van der Waals surface area contributed by atoms with E-state index in [2.05, 4.69) is 16.0 Å². The van der Waals surface area contributed by atoms with E-state index >= 15 is 0 Å². The number of hydrogen-bond donors (Lipinski definition) is 1. The lowest BCUT2D eigenvalue weighted by Gasteiger charge is -2.30. The van der Waals surface area contributed by atoms with Gasteiger partial charge in [-0.2, -0.15) is 0 Å². The number of para-hydroxylation sites is 1. The largest absolute Gasteiger partial charge is 0.478 e. The molecule has 5 nitrogen and oxygen atoms in total. The molecule has 134 valence electrons. The maximum absolute atomic E-state index is 13.0. The van der Waals surface area contributed by atoms with Crippen molar-refractivity contribution < 1.29 is 9.53 Å². The Morgan fingerprint density at radius 3 is 2.85 bits per heavy atom. The minimum Gasteiger partial charge on any atom is -0.478 e. The minimum atomic E-state index is -0.891. The summed E-state index contributed by atoms with van der Waals surface area (Å²) in [7, 11) is 0. The van der Waals surface area contributed by atoms with E-state index in [9.17, 15) is 4.79 Å². The van der Waals surface area contributed by atoms with Crippen molar-refractivity contribution in [2.75, 3.05) is 13.1 Å². The Morgan fingerprint density at radius 1 is 1.23 bits per heavy atom. The van der Waals surface area contributed by atoms with Crippen molar-refractivity contribution >= 4 is 16.9 Å². The molecule has 1 aliphatic rings. The van der Waals surface area contributed by atoms with Crippen molar-refractivity contribution in [3.05, 3.63) is 60.4 Å². The van der Waals surface area contributed by atoms with Gasteiger partial charge in [0.25, 0.3) is 5.91 Å². The number of fused-ring (bicyclic) bond motifs is 1. The van der Waals surface area contributed by atoms with E-state index in [1.165, 1.54) is 5.56 Å². The number of rotatable bonds is 4. The molecule has 1 amide bonds. The highest BCUT2D eigenvalue weighted by Crippen LogP contribution is 2.33. The number of nitrogens with one attached hydrogen (secondary N) is 1. The molecule has 4 rings (SSSR count). The van der Waals surface area contributed by atoms with E-state index in [1.807, 2.05) is 61.3 Å². The van der Waals surface area contributed by atoms with Crippen LogP contribution < -0.4 is 4.74 Å². The first-order chi connectivity index (χ1) is 12.5. The predicted molar refractivity (Wildman–Crippen MR) is 101 cm³/mol. The monoisotopic (exact) mass is 349 g/mol. The van der Waals surface area contributed by atoms with Gasteiger partial charge in [-0.25, -0.2) is 4.98 Å². The van der Waals surface area contributed by atoms with E-state index in [4.69, 9.17) is 4.74 Å². The molecule has 1 unspecified atom stereocenters. The highest BCUT2D eigenvalue weighted by atomic mass is 16.5. The van der Waals surface area contributed by atoms with Crippen molar-refractivity contribution in [2.45, 2.75) is 31.8 Å². The first kappa shape index (κ1) is 16.6. The lowest BCUT2D eigenvalue weighted by molar-refractivity contribution is -0.144. The number of carbonyl (C=O) groups is 1. The molecule has 0 aliphatic carbocycles. The first-order valence-corrected chi connectivity index (χ1v) is 9.00. The zero-order valence-electron chi connectivity index (χ0n) is 15.1. The summed E-state index contributed by atoms with van der Waals surface area (Å²) in [6.07, 6.45) is 4.77. The van der Waals surface area contributed by atoms with Gasteiger partial charge in [0, 0.05) is 36.8 Å². The smallest absolute Gasteiger partial charge is 0.266 e. The van der Waals surface area contributed by atoms with Crippen LogP contribution in [0, 0.1) is 0 Å². The molecule has 26 heavy (non-hydrogen) atoms. The van der Waals surface area contributed by atoms with Crippen LogP contribution in [0.3, 0.4) is 0 Å². The molecule has 0 radical (unpaired) electrons. The van der Waals surface area contributed by atoms with Crippen LogP contribution in [0.5, 0.6) is 5.75 Å². The number of ether oxygens (including phenoxy) is 1. The summed E-state index contributed by atoms with van der Waals surface area (Å²) in [5, 5.41) is 1.14. The Morgan fingerprint density at radius 2 is 2.04 bits per heavy atom. The van der Waals surface area contributed by atoms with Crippen molar-refractivity contribution in [3.8, 4) is 5.75 Å². The number of benzene rings is 1. The Labute approximate surface area is 153 Å². The van der Waals surface area contributed by atoms with E-state index in [-0.39, 0.29) is 5.91 Å². The number of carbonyl (C=O) groups excluding carboxylic acids is 1. The lowest BCUT2D eigenvalue weighted by Crippen LogP contribution is -2.48.